The van der Waals surface area contributed by atoms with E-state index in [1.807, 2.05) is 0 Å². The molecule has 0 aromatic heterocycles. The van der Waals surface area contributed by atoms with Gasteiger partial charge in [0.2, 0.25) is 0 Å². The van der Waals surface area contributed by atoms with E-state index >= 15 is 0 Å². The highest BCUT2D eigenvalue weighted by Crippen LogP contribution is 2.18. The molecule has 0 aliphatic carbocycles. The van der Waals surface area contributed by atoms with Crippen molar-refractivity contribution in [2.24, 2.45) is 0 Å². The van der Waals surface area contributed by atoms with Crippen molar-refractivity contribution >= 4 is 0 Å². The summed E-state index contributed by atoms with van der Waals surface area (Å²) in [5.41, 5.74) is 5.94. The van der Waals surface area contributed by atoms with Crippen molar-refractivity contribution in [1.82, 2.24) is 0 Å². The van der Waals surface area contributed by atoms with Crippen LogP contribution >= 0.6 is 0 Å². The van der Waals surface area contributed by atoms with Crippen LogP contribution in [0.2, 0.25) is 0 Å². The van der Waals surface area contributed by atoms with Crippen LogP contribution in [-0.2, 0) is 12.8 Å². The summed E-state index contributed by atoms with van der Waals surface area (Å²) >= 11 is 0. The van der Waals surface area contributed by atoms with Gasteiger partial charge in [-0.05, 0) is 48.9 Å². The minimum Gasteiger partial charge on any atom is -0.0651 e. The first kappa shape index (κ1) is 10.3. The van der Waals surface area contributed by atoms with E-state index in [9.17, 15) is 0 Å². The molecule has 0 aliphatic heterocycles. The molecule has 0 atom stereocenters. The van der Waals surface area contributed by atoms with E-state index in [4.69, 9.17) is 0 Å². The predicted octanol–water partition coefficient (Wildman–Crippen LogP) is 3.82. The van der Waals surface area contributed by atoms with Crippen molar-refractivity contribution in [3.8, 4) is 0 Å². The quantitative estimate of drug-likeness (QED) is 0.657. The molecule has 0 bridgehead atoms. The fourth-order valence-electron chi connectivity index (χ4n) is 1.77. The minimum absolute atomic E-state index is 1.16. The summed E-state index contributed by atoms with van der Waals surface area (Å²) in [7, 11) is 0. The van der Waals surface area contributed by atoms with Gasteiger partial charge in [0.05, 0.1) is 0 Å². The van der Waals surface area contributed by atoms with Crippen molar-refractivity contribution in [2.45, 2.75) is 47.0 Å². The fraction of sp³-hybridized carbons (Fsp3) is 0.538. The van der Waals surface area contributed by atoms with Crippen LogP contribution in [0.1, 0.15) is 42.5 Å². The summed E-state index contributed by atoms with van der Waals surface area (Å²) in [4.78, 5) is 0. The number of rotatable bonds is 3. The first-order valence-electron chi connectivity index (χ1n) is 5.28. The summed E-state index contributed by atoms with van der Waals surface area (Å²) < 4.78 is 0. The average molecular weight is 176 g/mol. The standard InChI is InChI=1S/C13H20/c1-5-7-13-9-11(4)10(3)8-12(13)6-2/h8-9H,5-7H2,1-4H3. The van der Waals surface area contributed by atoms with Crippen LogP contribution in [0.4, 0.5) is 0 Å². The second-order valence-electron chi connectivity index (χ2n) is 3.81. The van der Waals surface area contributed by atoms with E-state index in [1.54, 1.807) is 5.56 Å². The molecule has 0 aliphatic rings. The lowest BCUT2D eigenvalue weighted by molar-refractivity contribution is 0.895. The molecule has 0 radical (unpaired) electrons. The number of hydrogen-bond donors (Lipinski definition) is 0. The maximum Gasteiger partial charge on any atom is -0.0279 e. The molecular formula is C13H20. The summed E-state index contributed by atoms with van der Waals surface area (Å²) in [5.74, 6) is 0. The Labute approximate surface area is 82.0 Å². The zero-order valence-corrected chi connectivity index (χ0v) is 9.28. The van der Waals surface area contributed by atoms with Gasteiger partial charge in [0.15, 0.2) is 0 Å². The lowest BCUT2D eigenvalue weighted by Crippen LogP contribution is -1.95. The SMILES string of the molecule is CCCc1cc(C)c(C)cc1CC. The van der Waals surface area contributed by atoms with E-state index in [0.29, 0.717) is 0 Å². The molecule has 0 saturated heterocycles. The molecule has 13 heavy (non-hydrogen) atoms. The number of benzene rings is 1. The van der Waals surface area contributed by atoms with Crippen LogP contribution in [0.25, 0.3) is 0 Å². The Bertz CT molecular complexity index is 284. The molecule has 0 nitrogen and oxygen atoms in total. The Hall–Kier alpha value is -0.780. The summed E-state index contributed by atoms with van der Waals surface area (Å²) in [5, 5.41) is 0. The third kappa shape index (κ3) is 2.33. The van der Waals surface area contributed by atoms with E-state index < -0.39 is 0 Å². The number of aryl methyl sites for hydroxylation is 4. The average Bonchev–Trinajstić information content (AvgIpc) is 2.11. The Morgan fingerprint density at radius 3 is 1.92 bits per heavy atom. The van der Waals surface area contributed by atoms with Crippen LogP contribution in [0.5, 0.6) is 0 Å². The predicted molar refractivity (Wildman–Crippen MR) is 59.3 cm³/mol. The summed E-state index contributed by atoms with van der Waals surface area (Å²) in [6.45, 7) is 8.88. The fourth-order valence-corrected chi connectivity index (χ4v) is 1.77. The first-order valence-corrected chi connectivity index (χ1v) is 5.28. The van der Waals surface area contributed by atoms with Crippen molar-refractivity contribution in [1.29, 1.82) is 0 Å². The lowest BCUT2D eigenvalue weighted by atomic mass is 9.96. The highest BCUT2D eigenvalue weighted by Gasteiger charge is 2.02. The molecule has 0 heterocycles. The Morgan fingerprint density at radius 1 is 0.923 bits per heavy atom. The second-order valence-corrected chi connectivity index (χ2v) is 3.81. The Balaban J connectivity index is 3.09. The highest BCUT2D eigenvalue weighted by atomic mass is 14.1. The van der Waals surface area contributed by atoms with Gasteiger partial charge in [0.1, 0.15) is 0 Å². The Kier molecular flexibility index (Phi) is 3.53. The summed E-state index contributed by atoms with van der Waals surface area (Å²) in [6.07, 6.45) is 3.64. The molecule has 0 heteroatoms. The third-order valence-electron chi connectivity index (χ3n) is 2.72. The first-order chi connectivity index (χ1) is 6.19. The van der Waals surface area contributed by atoms with Crippen LogP contribution in [0, 0.1) is 13.8 Å². The topological polar surface area (TPSA) is 0 Å². The van der Waals surface area contributed by atoms with Gasteiger partial charge in [0.25, 0.3) is 0 Å². The van der Waals surface area contributed by atoms with Gasteiger partial charge in [-0.15, -0.1) is 0 Å². The van der Waals surface area contributed by atoms with Crippen molar-refractivity contribution in [3.63, 3.8) is 0 Å². The largest absolute Gasteiger partial charge is 0.0651 e. The lowest BCUT2D eigenvalue weighted by Gasteiger charge is -2.10. The van der Waals surface area contributed by atoms with Gasteiger partial charge in [0, 0.05) is 0 Å². The van der Waals surface area contributed by atoms with Crippen LogP contribution in [0.15, 0.2) is 12.1 Å². The zero-order chi connectivity index (χ0) is 9.84. The summed E-state index contributed by atoms with van der Waals surface area (Å²) in [6, 6.07) is 4.71. The van der Waals surface area contributed by atoms with Gasteiger partial charge in [-0.3, -0.25) is 0 Å². The molecule has 1 aromatic rings. The van der Waals surface area contributed by atoms with Gasteiger partial charge in [-0.2, -0.15) is 0 Å². The monoisotopic (exact) mass is 176 g/mol. The molecule has 0 unspecified atom stereocenters. The maximum atomic E-state index is 2.36. The van der Waals surface area contributed by atoms with Gasteiger partial charge in [-0.25, -0.2) is 0 Å². The van der Waals surface area contributed by atoms with Crippen molar-refractivity contribution in [2.75, 3.05) is 0 Å². The van der Waals surface area contributed by atoms with Crippen LogP contribution < -0.4 is 0 Å². The maximum absolute atomic E-state index is 2.36. The van der Waals surface area contributed by atoms with E-state index in [-0.39, 0.29) is 0 Å². The third-order valence-corrected chi connectivity index (χ3v) is 2.72. The van der Waals surface area contributed by atoms with Crippen molar-refractivity contribution in [3.05, 3.63) is 34.4 Å². The molecule has 1 rings (SSSR count). The molecule has 1 aromatic carbocycles. The second kappa shape index (κ2) is 4.45. The van der Waals surface area contributed by atoms with E-state index in [0.717, 1.165) is 6.42 Å². The molecule has 0 N–H and O–H groups in total. The molecule has 0 fully saturated rings. The number of hydrogen-bond acceptors (Lipinski definition) is 0. The molecule has 0 saturated carbocycles. The highest BCUT2D eigenvalue weighted by molar-refractivity contribution is 5.37. The van der Waals surface area contributed by atoms with Crippen LogP contribution in [0.3, 0.4) is 0 Å². The minimum atomic E-state index is 1.16. The molecule has 72 valence electrons. The van der Waals surface area contributed by atoms with E-state index in [2.05, 4.69) is 39.8 Å². The zero-order valence-electron chi connectivity index (χ0n) is 9.28. The van der Waals surface area contributed by atoms with Gasteiger partial charge in [-0.1, -0.05) is 32.4 Å². The smallest absolute Gasteiger partial charge is 0.0279 e. The van der Waals surface area contributed by atoms with E-state index in [1.165, 1.54) is 29.5 Å². The van der Waals surface area contributed by atoms with Gasteiger partial charge < -0.3 is 0 Å². The Morgan fingerprint density at radius 2 is 1.46 bits per heavy atom. The molecule has 0 spiro atoms. The molecular weight excluding hydrogens is 156 g/mol. The van der Waals surface area contributed by atoms with Crippen molar-refractivity contribution < 1.29 is 0 Å². The molecule has 0 amide bonds. The van der Waals surface area contributed by atoms with Crippen LogP contribution in [-0.4, -0.2) is 0 Å². The normalized spacial score (nSPS) is 10.5. The van der Waals surface area contributed by atoms with Gasteiger partial charge >= 0.3 is 0 Å².